The molecule has 6 heteroatoms. The molecule has 0 radical (unpaired) electrons. The minimum absolute atomic E-state index is 0.382. The lowest BCUT2D eigenvalue weighted by molar-refractivity contribution is 0.419. The molecule has 0 saturated heterocycles. The molecule has 0 aliphatic rings. The normalized spacial score (nSPS) is 10.9. The molecule has 0 amide bonds. The van der Waals surface area contributed by atoms with Crippen molar-refractivity contribution in [3.63, 3.8) is 0 Å². The summed E-state index contributed by atoms with van der Waals surface area (Å²) in [5, 5.41) is 0.617. The van der Waals surface area contributed by atoms with Crippen molar-refractivity contribution in [3.8, 4) is 11.4 Å². The fourth-order valence-electron chi connectivity index (χ4n) is 2.17. The van der Waals surface area contributed by atoms with Gasteiger partial charge in [-0.25, -0.2) is 4.98 Å². The molecule has 0 spiro atoms. The highest BCUT2D eigenvalue weighted by molar-refractivity contribution is 9.10. The summed E-state index contributed by atoms with van der Waals surface area (Å²) in [6.07, 6.45) is 0. The van der Waals surface area contributed by atoms with Crippen LogP contribution in [0.5, 0.6) is 5.75 Å². The van der Waals surface area contributed by atoms with Crippen molar-refractivity contribution in [2.45, 2.75) is 0 Å². The molecule has 0 saturated carbocycles. The van der Waals surface area contributed by atoms with Crippen LogP contribution in [0.1, 0.15) is 0 Å². The predicted molar refractivity (Wildman–Crippen MR) is 84.7 cm³/mol. The molecule has 2 N–H and O–H groups in total. The highest BCUT2D eigenvalue weighted by Crippen LogP contribution is 2.34. The molecular weight excluding hydrogens is 342 g/mol. The quantitative estimate of drug-likeness (QED) is 0.757. The van der Waals surface area contributed by atoms with Crippen molar-refractivity contribution in [1.82, 2.24) is 9.55 Å². The van der Waals surface area contributed by atoms with E-state index in [4.69, 9.17) is 22.1 Å². The van der Waals surface area contributed by atoms with Crippen LogP contribution in [-0.4, -0.2) is 16.7 Å². The number of halogens is 2. The standard InChI is InChI=1S/C14H11BrClN3O/c1-20-11-7-3-6-10-13(11)18-14(17)19(10)9-5-2-4-8(16)12(9)15/h2-7H,1H3,(H2,17,18). The van der Waals surface area contributed by atoms with Crippen molar-refractivity contribution >= 4 is 44.5 Å². The maximum absolute atomic E-state index is 6.15. The minimum atomic E-state index is 0.382. The fourth-order valence-corrected chi connectivity index (χ4v) is 2.79. The number of nitrogens with zero attached hydrogens (tertiary/aromatic N) is 2. The zero-order valence-electron chi connectivity index (χ0n) is 10.6. The number of imidazole rings is 1. The first kappa shape index (κ1) is 13.3. The number of fused-ring (bicyclic) bond motifs is 1. The summed E-state index contributed by atoms with van der Waals surface area (Å²) in [4.78, 5) is 4.38. The van der Waals surface area contributed by atoms with Crippen molar-refractivity contribution < 1.29 is 4.74 Å². The molecule has 2 aromatic carbocycles. The molecule has 3 rings (SSSR count). The molecule has 1 aromatic heterocycles. The van der Waals surface area contributed by atoms with Gasteiger partial charge in [0.2, 0.25) is 5.95 Å². The highest BCUT2D eigenvalue weighted by Gasteiger charge is 2.16. The molecule has 0 atom stereocenters. The van der Waals surface area contributed by atoms with E-state index < -0.39 is 0 Å². The van der Waals surface area contributed by atoms with Gasteiger partial charge in [0.15, 0.2) is 0 Å². The van der Waals surface area contributed by atoms with Crippen molar-refractivity contribution in [2.24, 2.45) is 0 Å². The number of ether oxygens (including phenoxy) is 1. The summed E-state index contributed by atoms with van der Waals surface area (Å²) >= 11 is 9.64. The summed E-state index contributed by atoms with van der Waals surface area (Å²) < 4.78 is 7.93. The number of anilines is 1. The second-order valence-corrected chi connectivity index (χ2v) is 5.41. The van der Waals surface area contributed by atoms with Crippen LogP contribution in [0.15, 0.2) is 40.9 Å². The number of methoxy groups -OCH3 is 1. The van der Waals surface area contributed by atoms with Gasteiger partial charge in [-0.05, 0) is 40.2 Å². The number of rotatable bonds is 2. The van der Waals surface area contributed by atoms with E-state index in [0.29, 0.717) is 16.7 Å². The number of para-hydroxylation sites is 1. The average molecular weight is 353 g/mol. The van der Waals surface area contributed by atoms with Crippen LogP contribution in [0.25, 0.3) is 16.7 Å². The van der Waals surface area contributed by atoms with Crippen LogP contribution in [0.4, 0.5) is 5.95 Å². The molecule has 0 aliphatic carbocycles. The number of aromatic nitrogens is 2. The minimum Gasteiger partial charge on any atom is -0.494 e. The first-order valence-electron chi connectivity index (χ1n) is 5.89. The molecular formula is C14H11BrClN3O. The van der Waals surface area contributed by atoms with Crippen LogP contribution in [0.3, 0.4) is 0 Å². The van der Waals surface area contributed by atoms with Gasteiger partial charge in [0, 0.05) is 0 Å². The van der Waals surface area contributed by atoms with Crippen LogP contribution in [0, 0.1) is 0 Å². The highest BCUT2D eigenvalue weighted by atomic mass is 79.9. The van der Waals surface area contributed by atoms with Gasteiger partial charge in [0.25, 0.3) is 0 Å². The summed E-state index contributed by atoms with van der Waals surface area (Å²) in [7, 11) is 1.61. The van der Waals surface area contributed by atoms with E-state index >= 15 is 0 Å². The van der Waals surface area contributed by atoms with E-state index in [1.165, 1.54) is 0 Å². The number of nitrogen functional groups attached to an aromatic ring is 1. The Balaban J connectivity index is 2.37. The Morgan fingerprint density at radius 3 is 2.75 bits per heavy atom. The summed E-state index contributed by atoms with van der Waals surface area (Å²) in [6, 6.07) is 11.3. The summed E-state index contributed by atoms with van der Waals surface area (Å²) in [5.41, 5.74) is 8.49. The summed E-state index contributed by atoms with van der Waals surface area (Å²) in [6.45, 7) is 0. The van der Waals surface area contributed by atoms with Gasteiger partial charge in [-0.2, -0.15) is 0 Å². The molecule has 4 nitrogen and oxygen atoms in total. The smallest absolute Gasteiger partial charge is 0.206 e. The number of nitrogens with two attached hydrogens (primary N) is 1. The molecule has 0 unspecified atom stereocenters. The fraction of sp³-hybridized carbons (Fsp3) is 0.0714. The van der Waals surface area contributed by atoms with E-state index in [2.05, 4.69) is 20.9 Å². The lowest BCUT2D eigenvalue weighted by Gasteiger charge is -2.10. The Labute approximate surface area is 129 Å². The Bertz CT molecular complexity index is 800. The van der Waals surface area contributed by atoms with E-state index in [9.17, 15) is 0 Å². The van der Waals surface area contributed by atoms with Crippen molar-refractivity contribution in [1.29, 1.82) is 0 Å². The molecule has 0 aliphatic heterocycles. The van der Waals surface area contributed by atoms with Gasteiger partial charge >= 0.3 is 0 Å². The van der Waals surface area contributed by atoms with Crippen LogP contribution >= 0.6 is 27.5 Å². The maximum Gasteiger partial charge on any atom is 0.206 e. The van der Waals surface area contributed by atoms with Crippen molar-refractivity contribution in [3.05, 3.63) is 45.9 Å². The van der Waals surface area contributed by atoms with Gasteiger partial charge < -0.3 is 10.5 Å². The van der Waals surface area contributed by atoms with E-state index in [1.54, 1.807) is 7.11 Å². The lowest BCUT2D eigenvalue weighted by Crippen LogP contribution is -2.01. The Morgan fingerprint density at radius 2 is 2.00 bits per heavy atom. The molecule has 0 fully saturated rings. The monoisotopic (exact) mass is 351 g/mol. The van der Waals surface area contributed by atoms with Gasteiger partial charge in [-0.3, -0.25) is 4.57 Å². The average Bonchev–Trinajstić information content (AvgIpc) is 2.78. The SMILES string of the molecule is COc1cccc2c1nc(N)n2-c1cccc(Cl)c1Br. The number of benzene rings is 2. The van der Waals surface area contributed by atoms with Crippen LogP contribution in [-0.2, 0) is 0 Å². The predicted octanol–water partition coefficient (Wildman–Crippen LogP) is 4.03. The first-order valence-corrected chi connectivity index (χ1v) is 7.06. The van der Waals surface area contributed by atoms with E-state index in [-0.39, 0.29) is 0 Å². The van der Waals surface area contributed by atoms with Crippen LogP contribution in [0.2, 0.25) is 5.02 Å². The molecule has 3 aromatic rings. The number of hydrogen-bond donors (Lipinski definition) is 1. The summed E-state index contributed by atoms with van der Waals surface area (Å²) in [5.74, 6) is 1.07. The second-order valence-electron chi connectivity index (χ2n) is 4.21. The Hall–Kier alpha value is -1.72. The first-order chi connectivity index (χ1) is 9.63. The van der Waals surface area contributed by atoms with Crippen LogP contribution < -0.4 is 10.5 Å². The Kier molecular flexibility index (Phi) is 3.31. The molecule has 1 heterocycles. The van der Waals surface area contributed by atoms with Gasteiger partial charge in [-0.15, -0.1) is 0 Å². The molecule has 0 bridgehead atoms. The zero-order chi connectivity index (χ0) is 14.3. The van der Waals surface area contributed by atoms with Gasteiger partial charge in [-0.1, -0.05) is 23.7 Å². The maximum atomic E-state index is 6.15. The lowest BCUT2D eigenvalue weighted by atomic mass is 10.2. The zero-order valence-corrected chi connectivity index (χ0v) is 12.9. The third-order valence-electron chi connectivity index (χ3n) is 3.07. The third-order valence-corrected chi connectivity index (χ3v) is 4.44. The van der Waals surface area contributed by atoms with E-state index in [1.807, 2.05) is 41.0 Å². The third kappa shape index (κ3) is 1.94. The van der Waals surface area contributed by atoms with E-state index in [0.717, 1.165) is 21.2 Å². The topological polar surface area (TPSA) is 53.1 Å². The molecule has 102 valence electrons. The second kappa shape index (κ2) is 5.00. The largest absolute Gasteiger partial charge is 0.494 e. The molecule has 20 heavy (non-hydrogen) atoms. The van der Waals surface area contributed by atoms with Crippen molar-refractivity contribution in [2.75, 3.05) is 12.8 Å². The Morgan fingerprint density at radius 1 is 1.25 bits per heavy atom. The van der Waals surface area contributed by atoms with Gasteiger partial charge in [0.1, 0.15) is 11.3 Å². The van der Waals surface area contributed by atoms with Gasteiger partial charge in [0.05, 0.1) is 27.8 Å². The number of hydrogen-bond acceptors (Lipinski definition) is 3.